The molecule has 1 rings (SSSR count). The van der Waals surface area contributed by atoms with Gasteiger partial charge in [0.15, 0.2) is 0 Å². The molecule has 0 bridgehead atoms. The average Bonchev–Trinajstić information content (AvgIpc) is 2.25. The smallest absolute Gasteiger partial charge is 0.131 e. The highest BCUT2D eigenvalue weighted by molar-refractivity contribution is 5.47. The van der Waals surface area contributed by atoms with Gasteiger partial charge in [0.2, 0.25) is 0 Å². The minimum Gasteiger partial charge on any atom is -0.396 e. The zero-order valence-corrected chi connectivity index (χ0v) is 9.41. The Morgan fingerprint density at radius 3 is 2.67 bits per heavy atom. The number of aliphatic hydroxyl groups is 1. The molecule has 0 fully saturated rings. The molecule has 1 heterocycles. The standard InChI is InChI=1S/C10H18N4O/c1-7(6-15)5-12-10-4-9(11-3)13-8(2)14-10/h4,7,15H,5-6H2,1-3H3,(H2,11,12,13,14). The Kier molecular flexibility index (Phi) is 4.30. The first kappa shape index (κ1) is 11.7. The number of aromatic nitrogens is 2. The summed E-state index contributed by atoms with van der Waals surface area (Å²) in [5.74, 6) is 2.52. The molecule has 0 aliphatic rings. The minimum atomic E-state index is 0.177. The van der Waals surface area contributed by atoms with Crippen LogP contribution >= 0.6 is 0 Å². The minimum absolute atomic E-state index is 0.177. The molecule has 0 aromatic carbocycles. The summed E-state index contributed by atoms with van der Waals surface area (Å²) < 4.78 is 0. The van der Waals surface area contributed by atoms with Crippen molar-refractivity contribution in [2.24, 2.45) is 5.92 Å². The lowest BCUT2D eigenvalue weighted by Gasteiger charge is -2.11. The van der Waals surface area contributed by atoms with E-state index in [1.807, 2.05) is 27.0 Å². The molecule has 3 N–H and O–H groups in total. The molecule has 5 nitrogen and oxygen atoms in total. The molecule has 0 amide bonds. The van der Waals surface area contributed by atoms with E-state index in [2.05, 4.69) is 20.6 Å². The zero-order chi connectivity index (χ0) is 11.3. The molecule has 15 heavy (non-hydrogen) atoms. The summed E-state index contributed by atoms with van der Waals surface area (Å²) in [4.78, 5) is 8.43. The second-order valence-electron chi connectivity index (χ2n) is 3.60. The first-order valence-corrected chi connectivity index (χ1v) is 5.04. The fourth-order valence-electron chi connectivity index (χ4n) is 1.13. The Balaban J connectivity index is 2.64. The van der Waals surface area contributed by atoms with Crippen LogP contribution < -0.4 is 10.6 Å². The van der Waals surface area contributed by atoms with Gasteiger partial charge in [0.05, 0.1) is 0 Å². The maximum absolute atomic E-state index is 8.88. The van der Waals surface area contributed by atoms with E-state index in [0.29, 0.717) is 6.54 Å². The molecule has 1 unspecified atom stereocenters. The molecule has 84 valence electrons. The molecular formula is C10H18N4O. The molecule has 1 aromatic heterocycles. The molecule has 0 saturated carbocycles. The number of anilines is 2. The third-order valence-electron chi connectivity index (χ3n) is 2.04. The van der Waals surface area contributed by atoms with Crippen molar-refractivity contribution in [2.45, 2.75) is 13.8 Å². The van der Waals surface area contributed by atoms with Crippen LogP contribution in [-0.4, -0.2) is 35.3 Å². The second kappa shape index (κ2) is 5.50. The van der Waals surface area contributed by atoms with Gasteiger partial charge in [0.1, 0.15) is 17.5 Å². The molecule has 0 aliphatic carbocycles. The van der Waals surface area contributed by atoms with Crippen LogP contribution in [0.1, 0.15) is 12.7 Å². The third kappa shape index (κ3) is 3.71. The lowest BCUT2D eigenvalue weighted by Crippen LogP contribution is -2.15. The fraction of sp³-hybridized carbons (Fsp3) is 0.600. The average molecular weight is 210 g/mol. The molecule has 1 atom stereocenters. The van der Waals surface area contributed by atoms with Crippen molar-refractivity contribution in [2.75, 3.05) is 30.8 Å². The van der Waals surface area contributed by atoms with Crippen molar-refractivity contribution in [1.29, 1.82) is 0 Å². The fourth-order valence-corrected chi connectivity index (χ4v) is 1.13. The van der Waals surface area contributed by atoms with Crippen molar-refractivity contribution in [3.63, 3.8) is 0 Å². The van der Waals surface area contributed by atoms with Gasteiger partial charge in [0.25, 0.3) is 0 Å². The maximum Gasteiger partial charge on any atom is 0.131 e. The van der Waals surface area contributed by atoms with Crippen LogP contribution in [0.5, 0.6) is 0 Å². The van der Waals surface area contributed by atoms with E-state index in [9.17, 15) is 0 Å². The summed E-state index contributed by atoms with van der Waals surface area (Å²) >= 11 is 0. The highest BCUT2D eigenvalue weighted by atomic mass is 16.3. The molecule has 5 heteroatoms. The van der Waals surface area contributed by atoms with E-state index < -0.39 is 0 Å². The van der Waals surface area contributed by atoms with Gasteiger partial charge >= 0.3 is 0 Å². The molecule has 1 aromatic rings. The number of aliphatic hydroxyl groups excluding tert-OH is 1. The summed E-state index contributed by atoms with van der Waals surface area (Å²) in [5.41, 5.74) is 0. The lowest BCUT2D eigenvalue weighted by atomic mass is 10.2. The Bertz CT molecular complexity index is 316. The van der Waals surface area contributed by atoms with Gasteiger partial charge in [0, 0.05) is 26.3 Å². The molecular weight excluding hydrogens is 192 g/mol. The number of nitrogens with one attached hydrogen (secondary N) is 2. The van der Waals surface area contributed by atoms with Crippen molar-refractivity contribution >= 4 is 11.6 Å². The van der Waals surface area contributed by atoms with E-state index in [4.69, 9.17) is 5.11 Å². The van der Waals surface area contributed by atoms with Gasteiger partial charge in [-0.2, -0.15) is 0 Å². The highest BCUT2D eigenvalue weighted by Gasteiger charge is 2.02. The van der Waals surface area contributed by atoms with Gasteiger partial charge in [-0.3, -0.25) is 0 Å². The summed E-state index contributed by atoms with van der Waals surface area (Å²) in [6.45, 7) is 4.70. The SMILES string of the molecule is CNc1cc(NCC(C)CO)nc(C)n1. The molecule has 0 saturated heterocycles. The van der Waals surface area contributed by atoms with E-state index >= 15 is 0 Å². The quantitative estimate of drug-likeness (QED) is 0.672. The van der Waals surface area contributed by atoms with Crippen molar-refractivity contribution < 1.29 is 5.11 Å². The number of rotatable bonds is 5. The van der Waals surface area contributed by atoms with E-state index in [-0.39, 0.29) is 12.5 Å². The monoisotopic (exact) mass is 210 g/mol. The molecule has 0 radical (unpaired) electrons. The summed E-state index contributed by atoms with van der Waals surface area (Å²) in [6.07, 6.45) is 0. The maximum atomic E-state index is 8.88. The van der Waals surface area contributed by atoms with Crippen LogP contribution in [-0.2, 0) is 0 Å². The number of nitrogens with zero attached hydrogens (tertiary/aromatic N) is 2. The summed E-state index contributed by atoms with van der Waals surface area (Å²) in [7, 11) is 1.82. The van der Waals surface area contributed by atoms with Gasteiger partial charge in [-0.15, -0.1) is 0 Å². The molecule has 0 spiro atoms. The first-order valence-electron chi connectivity index (χ1n) is 5.04. The second-order valence-corrected chi connectivity index (χ2v) is 3.60. The molecule has 0 aliphatic heterocycles. The van der Waals surface area contributed by atoms with Crippen molar-refractivity contribution in [3.8, 4) is 0 Å². The van der Waals surface area contributed by atoms with E-state index in [1.54, 1.807) is 0 Å². The number of hydrogen-bond acceptors (Lipinski definition) is 5. The van der Waals surface area contributed by atoms with Crippen molar-refractivity contribution in [3.05, 3.63) is 11.9 Å². The Morgan fingerprint density at radius 2 is 2.07 bits per heavy atom. The van der Waals surface area contributed by atoms with Crippen LogP contribution in [0.25, 0.3) is 0 Å². The van der Waals surface area contributed by atoms with Crippen LogP contribution in [0, 0.1) is 12.8 Å². The summed E-state index contributed by atoms with van der Waals surface area (Å²) in [5, 5.41) is 15.0. The first-order chi connectivity index (χ1) is 7.15. The van der Waals surface area contributed by atoms with Crippen LogP contribution in [0.2, 0.25) is 0 Å². The predicted molar refractivity (Wildman–Crippen MR) is 61.1 cm³/mol. The van der Waals surface area contributed by atoms with Gasteiger partial charge < -0.3 is 15.7 Å². The third-order valence-corrected chi connectivity index (χ3v) is 2.04. The zero-order valence-electron chi connectivity index (χ0n) is 9.41. The highest BCUT2D eigenvalue weighted by Crippen LogP contribution is 2.10. The van der Waals surface area contributed by atoms with E-state index in [1.165, 1.54) is 0 Å². The van der Waals surface area contributed by atoms with Crippen LogP contribution in [0.15, 0.2) is 6.07 Å². The normalized spacial score (nSPS) is 12.3. The lowest BCUT2D eigenvalue weighted by molar-refractivity contribution is 0.244. The van der Waals surface area contributed by atoms with Crippen molar-refractivity contribution in [1.82, 2.24) is 9.97 Å². The number of aryl methyl sites for hydroxylation is 1. The predicted octanol–water partition coefficient (Wildman–Crippen LogP) is 0.867. The Labute approximate surface area is 90.0 Å². The topological polar surface area (TPSA) is 70.1 Å². The van der Waals surface area contributed by atoms with Crippen LogP contribution in [0.4, 0.5) is 11.6 Å². The largest absolute Gasteiger partial charge is 0.396 e. The Hall–Kier alpha value is -1.36. The van der Waals surface area contributed by atoms with E-state index in [0.717, 1.165) is 17.5 Å². The van der Waals surface area contributed by atoms with Gasteiger partial charge in [-0.1, -0.05) is 6.92 Å². The van der Waals surface area contributed by atoms with Gasteiger partial charge in [-0.05, 0) is 12.8 Å². The summed E-state index contributed by atoms with van der Waals surface area (Å²) in [6, 6.07) is 1.84. The Morgan fingerprint density at radius 1 is 1.40 bits per heavy atom. The van der Waals surface area contributed by atoms with Crippen LogP contribution in [0.3, 0.4) is 0 Å². The van der Waals surface area contributed by atoms with Gasteiger partial charge in [-0.25, -0.2) is 9.97 Å². The number of hydrogen-bond donors (Lipinski definition) is 3.